The number of quaternary nitrogens is 1. The first-order chi connectivity index (χ1) is 30.1. The molecule has 0 N–H and O–H groups in total. The monoisotopic (exact) mass is 864 g/mol. The molecule has 0 rings (SSSR count). The van der Waals surface area contributed by atoms with E-state index in [1.807, 2.05) is 0 Å². The highest BCUT2D eigenvalue weighted by Gasteiger charge is 2.25. The van der Waals surface area contributed by atoms with E-state index in [-0.39, 0.29) is 49.1 Å². The number of ether oxygens (including phenoxy) is 3. The lowest BCUT2D eigenvalue weighted by Crippen LogP contribution is -2.55. The number of allylic oxidation sites excluding steroid dienone is 16. The molecule has 0 heterocycles. The van der Waals surface area contributed by atoms with Gasteiger partial charge in [0.1, 0.15) is 12.6 Å². The zero-order chi connectivity index (χ0) is 45.6. The Balaban J connectivity index is 4.36. The molecule has 2 atom stereocenters. The minimum Gasteiger partial charge on any atom is -0.544 e. The van der Waals surface area contributed by atoms with E-state index in [1.165, 1.54) is 57.8 Å². The second-order valence-corrected chi connectivity index (χ2v) is 16.9. The first-order valence-electron chi connectivity index (χ1n) is 24.3. The molecule has 0 bridgehead atoms. The summed E-state index contributed by atoms with van der Waals surface area (Å²) in [6, 6.07) is -0.740. The van der Waals surface area contributed by atoms with E-state index >= 15 is 0 Å². The molecule has 0 aromatic heterocycles. The third-order valence-electron chi connectivity index (χ3n) is 10.2. The molecule has 0 aliphatic rings. The van der Waals surface area contributed by atoms with Crippen LogP contribution < -0.4 is 5.11 Å². The van der Waals surface area contributed by atoms with Crippen molar-refractivity contribution in [3.63, 3.8) is 0 Å². The first kappa shape index (κ1) is 58.2. The van der Waals surface area contributed by atoms with Gasteiger partial charge >= 0.3 is 11.9 Å². The van der Waals surface area contributed by atoms with Gasteiger partial charge in [-0.3, -0.25) is 9.59 Å². The third-order valence-corrected chi connectivity index (χ3v) is 10.2. The second-order valence-electron chi connectivity index (χ2n) is 16.9. The van der Waals surface area contributed by atoms with Gasteiger partial charge in [-0.2, -0.15) is 0 Å². The van der Waals surface area contributed by atoms with Crippen LogP contribution in [0.5, 0.6) is 0 Å². The van der Waals surface area contributed by atoms with Crippen molar-refractivity contribution in [1.82, 2.24) is 0 Å². The summed E-state index contributed by atoms with van der Waals surface area (Å²) in [4.78, 5) is 37.0. The molecule has 0 aromatic carbocycles. The van der Waals surface area contributed by atoms with E-state index in [1.54, 1.807) is 21.1 Å². The van der Waals surface area contributed by atoms with Crippen molar-refractivity contribution < 1.29 is 38.2 Å². The number of carbonyl (C=O) groups is 3. The highest BCUT2D eigenvalue weighted by atomic mass is 16.6. The SMILES string of the molecule is CC/C=C/C/C=C/C/C=C/C/C=C/C/C=C/CCCC(=O)OCC(COCCC(C(=O)[O-])[N+](C)(C)C)OC(=O)CCCCCCCCCCCCC/C=C/C/C=C/C/C=C/CC. The van der Waals surface area contributed by atoms with E-state index in [0.717, 1.165) is 77.0 Å². The number of esters is 2. The Morgan fingerprint density at radius 1 is 0.484 bits per heavy atom. The maximum absolute atomic E-state index is 12.8. The van der Waals surface area contributed by atoms with Gasteiger partial charge in [0.05, 0.1) is 40.3 Å². The van der Waals surface area contributed by atoms with Crippen LogP contribution in [-0.4, -0.2) is 75.5 Å². The van der Waals surface area contributed by atoms with Gasteiger partial charge in [0.15, 0.2) is 6.10 Å². The Labute approximate surface area is 379 Å². The average Bonchev–Trinajstić information content (AvgIpc) is 3.23. The minimum absolute atomic E-state index is 0.0163. The van der Waals surface area contributed by atoms with Gasteiger partial charge in [-0.1, -0.05) is 169 Å². The van der Waals surface area contributed by atoms with Crippen LogP contribution in [0.3, 0.4) is 0 Å². The molecule has 352 valence electrons. The fourth-order valence-electron chi connectivity index (χ4n) is 6.53. The maximum atomic E-state index is 12.8. The number of carbonyl (C=O) groups excluding carboxylic acids is 3. The summed E-state index contributed by atoms with van der Waals surface area (Å²) in [5.74, 6) is -1.82. The van der Waals surface area contributed by atoms with Crippen LogP contribution in [0.4, 0.5) is 0 Å². The number of likely N-dealkylation sites (N-methyl/N-ethyl adjacent to an activating group) is 1. The van der Waals surface area contributed by atoms with E-state index in [9.17, 15) is 19.5 Å². The zero-order valence-electron chi connectivity index (χ0n) is 40.0. The lowest BCUT2D eigenvalue weighted by atomic mass is 10.0. The van der Waals surface area contributed by atoms with E-state index in [2.05, 4.69) is 111 Å². The van der Waals surface area contributed by atoms with Gasteiger partial charge < -0.3 is 28.6 Å². The smallest absolute Gasteiger partial charge is 0.306 e. The van der Waals surface area contributed by atoms with Crippen molar-refractivity contribution in [2.75, 3.05) is 41.0 Å². The number of rotatable bonds is 42. The van der Waals surface area contributed by atoms with E-state index in [4.69, 9.17) is 14.2 Å². The molecule has 2 unspecified atom stereocenters. The van der Waals surface area contributed by atoms with Gasteiger partial charge in [0.25, 0.3) is 0 Å². The van der Waals surface area contributed by atoms with Gasteiger partial charge in [-0.15, -0.1) is 0 Å². The summed E-state index contributed by atoms with van der Waals surface area (Å²) in [7, 11) is 5.39. The molecule has 0 fully saturated rings. The molecule has 0 spiro atoms. The molecule has 0 radical (unpaired) electrons. The Morgan fingerprint density at radius 3 is 1.31 bits per heavy atom. The zero-order valence-corrected chi connectivity index (χ0v) is 40.0. The van der Waals surface area contributed by atoms with Crippen LogP contribution in [0.15, 0.2) is 97.2 Å². The summed E-state index contributed by atoms with van der Waals surface area (Å²) in [5, 5.41) is 11.7. The maximum Gasteiger partial charge on any atom is 0.306 e. The van der Waals surface area contributed by atoms with Crippen LogP contribution in [0.1, 0.15) is 174 Å². The minimum atomic E-state index is -1.14. The number of carboxylic acid groups (broad SMARTS) is 1. The van der Waals surface area contributed by atoms with Crippen LogP contribution in [0.25, 0.3) is 0 Å². The molecule has 8 nitrogen and oxygen atoms in total. The number of hydrogen-bond acceptors (Lipinski definition) is 7. The van der Waals surface area contributed by atoms with Gasteiger partial charge in [0, 0.05) is 19.3 Å². The Bertz CT molecular complexity index is 1330. The standard InChI is InChI=1S/C54H89NO7/c1-6-8-10-12-14-16-18-20-22-24-25-26-27-29-31-33-35-37-39-41-43-45-53(57)62-50(48-60-47-46-51(54(58)59)55(3,4)5)49-61-52(56)44-42-40-38-36-34-32-30-28-23-21-19-17-15-13-11-9-7-2/h8-11,14-17,20-23,30,32,36,38,50-51H,6-7,12-13,18-19,24-29,31,33-35,37,39-49H2,1-5H3/b10-8+,11-9+,16-14+,17-15+,22-20+,23-21+,32-30+,38-36+. The number of nitrogens with zero attached hydrogens (tertiary/aromatic N) is 1. The fraction of sp³-hybridized carbons (Fsp3) is 0.648. The molecule has 62 heavy (non-hydrogen) atoms. The molecule has 0 aliphatic heterocycles. The predicted molar refractivity (Wildman–Crippen MR) is 258 cm³/mol. The first-order valence-corrected chi connectivity index (χ1v) is 24.3. The van der Waals surface area contributed by atoms with Crippen molar-refractivity contribution in [2.24, 2.45) is 0 Å². The largest absolute Gasteiger partial charge is 0.544 e. The Kier molecular flexibility index (Phi) is 41.2. The fourth-order valence-corrected chi connectivity index (χ4v) is 6.53. The van der Waals surface area contributed by atoms with Gasteiger partial charge in [0.2, 0.25) is 0 Å². The van der Waals surface area contributed by atoms with Crippen molar-refractivity contribution in [1.29, 1.82) is 0 Å². The molecule has 0 amide bonds. The molecule has 0 saturated heterocycles. The highest BCUT2D eigenvalue weighted by molar-refractivity contribution is 5.70. The summed E-state index contributed by atoms with van der Waals surface area (Å²) in [6.45, 7) is 4.37. The average molecular weight is 864 g/mol. The second kappa shape index (κ2) is 43.9. The molecule has 0 aromatic rings. The summed E-state index contributed by atoms with van der Waals surface area (Å²) < 4.78 is 17.2. The van der Waals surface area contributed by atoms with Gasteiger partial charge in [-0.05, 0) is 83.5 Å². The number of hydrogen-bond donors (Lipinski definition) is 0. The van der Waals surface area contributed by atoms with E-state index < -0.39 is 18.1 Å². The Hall–Kier alpha value is -3.75. The highest BCUT2D eigenvalue weighted by Crippen LogP contribution is 2.14. The lowest BCUT2D eigenvalue weighted by Gasteiger charge is -2.34. The molecule has 8 heteroatoms. The summed E-state index contributed by atoms with van der Waals surface area (Å²) in [6.07, 6.45) is 58.7. The number of unbranched alkanes of at least 4 members (excludes halogenated alkanes) is 12. The number of carboxylic acids is 1. The van der Waals surface area contributed by atoms with Crippen LogP contribution in [-0.2, 0) is 28.6 Å². The van der Waals surface area contributed by atoms with Crippen LogP contribution in [0.2, 0.25) is 0 Å². The van der Waals surface area contributed by atoms with E-state index in [0.29, 0.717) is 12.8 Å². The molecule has 0 aliphatic carbocycles. The van der Waals surface area contributed by atoms with Gasteiger partial charge in [-0.25, -0.2) is 0 Å². The van der Waals surface area contributed by atoms with Crippen LogP contribution >= 0.6 is 0 Å². The quantitative estimate of drug-likeness (QED) is 0.0261. The van der Waals surface area contributed by atoms with Crippen molar-refractivity contribution in [3.05, 3.63) is 97.2 Å². The predicted octanol–water partition coefficient (Wildman–Crippen LogP) is 12.5. The Morgan fingerprint density at radius 2 is 0.871 bits per heavy atom. The normalized spacial score (nSPS) is 13.8. The molecule has 0 saturated carbocycles. The van der Waals surface area contributed by atoms with Crippen LogP contribution in [0, 0.1) is 0 Å². The van der Waals surface area contributed by atoms with Crippen molar-refractivity contribution >= 4 is 17.9 Å². The molecular weight excluding hydrogens is 775 g/mol. The van der Waals surface area contributed by atoms with Crippen molar-refractivity contribution in [3.8, 4) is 0 Å². The topological polar surface area (TPSA) is 102 Å². The summed E-state index contributed by atoms with van der Waals surface area (Å²) >= 11 is 0. The van der Waals surface area contributed by atoms with Crippen molar-refractivity contribution in [2.45, 2.75) is 187 Å². The summed E-state index contributed by atoms with van der Waals surface area (Å²) in [5.41, 5.74) is 0. The third kappa shape index (κ3) is 41.6. The lowest BCUT2D eigenvalue weighted by molar-refractivity contribution is -0.889. The number of aliphatic carboxylic acids is 1. The molecular formula is C54H89NO7.